The number of nitrogens with zero attached hydrogens (tertiary/aromatic N) is 3. The van der Waals surface area contributed by atoms with Crippen molar-refractivity contribution in [2.24, 2.45) is 0 Å². The first-order valence-corrected chi connectivity index (χ1v) is 10.1. The fourth-order valence-electron chi connectivity index (χ4n) is 3.40. The normalized spacial score (nSPS) is 11.3. The SMILES string of the molecule is COc1ncccc1-c1ccccc1Cc1cccc(-c2ccc(OCC(F)(F)F)nc2)n1. The van der Waals surface area contributed by atoms with Crippen molar-refractivity contribution in [1.82, 2.24) is 15.0 Å². The van der Waals surface area contributed by atoms with Crippen LogP contribution in [0, 0.1) is 0 Å². The molecule has 8 heteroatoms. The van der Waals surface area contributed by atoms with E-state index in [-0.39, 0.29) is 5.88 Å². The van der Waals surface area contributed by atoms with Crippen LogP contribution in [-0.2, 0) is 6.42 Å². The first kappa shape index (κ1) is 22.3. The zero-order valence-electron chi connectivity index (χ0n) is 17.7. The number of benzene rings is 1. The summed E-state index contributed by atoms with van der Waals surface area (Å²) in [6.45, 7) is -1.38. The quantitative estimate of drug-likeness (QED) is 0.358. The lowest BCUT2D eigenvalue weighted by Gasteiger charge is -2.13. The largest absolute Gasteiger partial charge is 0.481 e. The molecular weight excluding hydrogens is 431 g/mol. The maximum Gasteiger partial charge on any atom is 0.422 e. The van der Waals surface area contributed by atoms with E-state index >= 15 is 0 Å². The van der Waals surface area contributed by atoms with Crippen molar-refractivity contribution in [3.8, 4) is 34.1 Å². The Morgan fingerprint density at radius 3 is 2.42 bits per heavy atom. The molecule has 4 rings (SSSR count). The average molecular weight is 451 g/mol. The van der Waals surface area contributed by atoms with Crippen molar-refractivity contribution in [2.75, 3.05) is 13.7 Å². The average Bonchev–Trinajstić information content (AvgIpc) is 2.83. The van der Waals surface area contributed by atoms with E-state index in [0.29, 0.717) is 23.6 Å². The van der Waals surface area contributed by atoms with Gasteiger partial charge in [0, 0.05) is 41.7 Å². The predicted octanol–water partition coefficient (Wildman–Crippen LogP) is 5.75. The monoisotopic (exact) mass is 451 g/mol. The van der Waals surface area contributed by atoms with Gasteiger partial charge in [-0.2, -0.15) is 13.2 Å². The summed E-state index contributed by atoms with van der Waals surface area (Å²) in [5.74, 6) is 0.456. The lowest BCUT2D eigenvalue weighted by molar-refractivity contribution is -0.154. The Bertz CT molecular complexity index is 1230. The molecule has 0 aliphatic heterocycles. The number of alkyl halides is 3. The van der Waals surface area contributed by atoms with E-state index in [1.165, 1.54) is 12.3 Å². The number of ether oxygens (including phenoxy) is 2. The van der Waals surface area contributed by atoms with Gasteiger partial charge in [0.25, 0.3) is 0 Å². The van der Waals surface area contributed by atoms with Crippen molar-refractivity contribution in [3.63, 3.8) is 0 Å². The fourth-order valence-corrected chi connectivity index (χ4v) is 3.40. The Balaban J connectivity index is 1.57. The molecule has 0 spiro atoms. The van der Waals surface area contributed by atoms with Crippen LogP contribution in [0.15, 0.2) is 79.1 Å². The van der Waals surface area contributed by atoms with Crippen LogP contribution in [0.1, 0.15) is 11.3 Å². The van der Waals surface area contributed by atoms with E-state index in [1.807, 2.05) is 54.6 Å². The van der Waals surface area contributed by atoms with Crippen molar-refractivity contribution >= 4 is 0 Å². The number of methoxy groups -OCH3 is 1. The molecule has 0 aliphatic carbocycles. The molecule has 0 bridgehead atoms. The molecule has 0 N–H and O–H groups in total. The van der Waals surface area contributed by atoms with Crippen molar-refractivity contribution < 1.29 is 22.6 Å². The molecule has 0 aliphatic rings. The number of rotatable bonds is 7. The molecule has 0 radical (unpaired) electrons. The van der Waals surface area contributed by atoms with Crippen LogP contribution in [0.5, 0.6) is 11.8 Å². The minimum atomic E-state index is -4.41. The second-order valence-electron chi connectivity index (χ2n) is 7.20. The predicted molar refractivity (Wildman–Crippen MR) is 118 cm³/mol. The van der Waals surface area contributed by atoms with E-state index in [4.69, 9.17) is 9.72 Å². The zero-order chi connectivity index (χ0) is 23.3. The highest BCUT2D eigenvalue weighted by Crippen LogP contribution is 2.31. The third-order valence-electron chi connectivity index (χ3n) is 4.87. The molecule has 168 valence electrons. The highest BCUT2D eigenvalue weighted by molar-refractivity contribution is 5.72. The van der Waals surface area contributed by atoms with Crippen LogP contribution in [0.4, 0.5) is 13.2 Å². The van der Waals surface area contributed by atoms with Gasteiger partial charge in [0.1, 0.15) is 0 Å². The summed E-state index contributed by atoms with van der Waals surface area (Å²) >= 11 is 0. The van der Waals surface area contributed by atoms with Crippen LogP contribution in [0.25, 0.3) is 22.4 Å². The summed E-state index contributed by atoms with van der Waals surface area (Å²) in [5, 5.41) is 0. The molecule has 0 saturated heterocycles. The molecule has 0 atom stereocenters. The van der Waals surface area contributed by atoms with Gasteiger partial charge in [-0.05, 0) is 41.5 Å². The van der Waals surface area contributed by atoms with Gasteiger partial charge in [0.05, 0.1) is 12.8 Å². The first-order valence-electron chi connectivity index (χ1n) is 10.1. The van der Waals surface area contributed by atoms with Crippen molar-refractivity contribution in [1.29, 1.82) is 0 Å². The highest BCUT2D eigenvalue weighted by Gasteiger charge is 2.28. The second kappa shape index (κ2) is 9.68. The molecule has 3 aromatic heterocycles. The van der Waals surface area contributed by atoms with Gasteiger partial charge in [-0.25, -0.2) is 9.97 Å². The van der Waals surface area contributed by atoms with Gasteiger partial charge >= 0.3 is 6.18 Å². The van der Waals surface area contributed by atoms with Gasteiger partial charge < -0.3 is 9.47 Å². The first-order chi connectivity index (χ1) is 15.9. The summed E-state index contributed by atoms with van der Waals surface area (Å²) in [6, 6.07) is 20.5. The Hall–Kier alpha value is -3.94. The van der Waals surface area contributed by atoms with Crippen molar-refractivity contribution in [3.05, 3.63) is 90.4 Å². The van der Waals surface area contributed by atoms with E-state index < -0.39 is 12.8 Å². The molecule has 0 unspecified atom stereocenters. The van der Waals surface area contributed by atoms with E-state index in [9.17, 15) is 13.2 Å². The Morgan fingerprint density at radius 1 is 0.848 bits per heavy atom. The maximum atomic E-state index is 12.3. The molecule has 4 aromatic rings. The number of aromatic nitrogens is 3. The molecule has 5 nitrogen and oxygen atoms in total. The molecule has 3 heterocycles. The Morgan fingerprint density at radius 2 is 1.67 bits per heavy atom. The summed E-state index contributed by atoms with van der Waals surface area (Å²) in [4.78, 5) is 13.0. The van der Waals surface area contributed by atoms with Crippen LogP contribution >= 0.6 is 0 Å². The van der Waals surface area contributed by atoms with Gasteiger partial charge in [0.15, 0.2) is 6.61 Å². The zero-order valence-corrected chi connectivity index (χ0v) is 17.7. The minimum Gasteiger partial charge on any atom is -0.481 e. The Kier molecular flexibility index (Phi) is 6.53. The van der Waals surface area contributed by atoms with Gasteiger partial charge in [-0.1, -0.05) is 30.3 Å². The summed E-state index contributed by atoms with van der Waals surface area (Å²) in [7, 11) is 1.59. The minimum absolute atomic E-state index is 0.0911. The summed E-state index contributed by atoms with van der Waals surface area (Å²) in [5.41, 5.74) is 5.13. The third-order valence-corrected chi connectivity index (χ3v) is 4.87. The van der Waals surface area contributed by atoms with E-state index in [0.717, 1.165) is 22.4 Å². The standard InChI is InChI=1S/C25H20F3N3O2/c1-32-24-21(9-5-13-29-24)20-8-3-2-6-17(20)14-19-7-4-10-22(31-19)18-11-12-23(30-15-18)33-16-25(26,27)28/h2-13,15H,14,16H2,1H3. The summed E-state index contributed by atoms with van der Waals surface area (Å²) in [6.07, 6.45) is -0.704. The summed E-state index contributed by atoms with van der Waals surface area (Å²) < 4.78 is 47.0. The van der Waals surface area contributed by atoms with E-state index in [1.54, 1.807) is 19.4 Å². The molecule has 33 heavy (non-hydrogen) atoms. The third kappa shape index (κ3) is 5.65. The van der Waals surface area contributed by atoms with Crippen LogP contribution in [0.3, 0.4) is 0 Å². The number of halogens is 3. The van der Waals surface area contributed by atoms with Gasteiger partial charge in [-0.3, -0.25) is 4.98 Å². The van der Waals surface area contributed by atoms with Crippen molar-refractivity contribution in [2.45, 2.75) is 12.6 Å². The Labute approximate surface area is 188 Å². The second-order valence-corrected chi connectivity index (χ2v) is 7.20. The van der Waals surface area contributed by atoms with Gasteiger partial charge in [0.2, 0.25) is 11.8 Å². The smallest absolute Gasteiger partial charge is 0.422 e. The fraction of sp³-hybridized carbons (Fsp3) is 0.160. The molecule has 1 aromatic carbocycles. The topological polar surface area (TPSA) is 57.1 Å². The number of pyridine rings is 3. The lowest BCUT2D eigenvalue weighted by atomic mass is 9.97. The molecular formula is C25H20F3N3O2. The number of hydrogen-bond donors (Lipinski definition) is 0. The van der Waals surface area contributed by atoms with Crippen LogP contribution in [-0.4, -0.2) is 34.8 Å². The van der Waals surface area contributed by atoms with Crippen LogP contribution in [0.2, 0.25) is 0 Å². The highest BCUT2D eigenvalue weighted by atomic mass is 19.4. The number of hydrogen-bond acceptors (Lipinski definition) is 5. The van der Waals surface area contributed by atoms with E-state index in [2.05, 4.69) is 14.7 Å². The lowest BCUT2D eigenvalue weighted by Crippen LogP contribution is -2.19. The molecule has 0 saturated carbocycles. The van der Waals surface area contributed by atoms with Gasteiger partial charge in [-0.15, -0.1) is 0 Å². The molecule has 0 amide bonds. The maximum absolute atomic E-state index is 12.3. The van der Waals surface area contributed by atoms with Crippen LogP contribution < -0.4 is 9.47 Å². The molecule has 0 fully saturated rings.